The van der Waals surface area contributed by atoms with Gasteiger partial charge >= 0.3 is 0 Å². The Labute approximate surface area is 99.2 Å². The van der Waals surface area contributed by atoms with Gasteiger partial charge in [-0.1, -0.05) is 0 Å². The summed E-state index contributed by atoms with van der Waals surface area (Å²) in [5.74, 6) is 1.28. The third kappa shape index (κ3) is 5.23. The zero-order valence-electron chi connectivity index (χ0n) is 10.5. The van der Waals surface area contributed by atoms with E-state index in [2.05, 4.69) is 30.4 Å². The molecule has 0 radical (unpaired) electrons. The fourth-order valence-electron chi connectivity index (χ4n) is 2.09. The first-order valence-electron chi connectivity index (χ1n) is 6.16. The fourth-order valence-corrected chi connectivity index (χ4v) is 2.67. The Kier molecular flexibility index (Phi) is 6.69. The molecule has 2 atom stereocenters. The van der Waals surface area contributed by atoms with E-state index >= 15 is 0 Å². The molecular weight excluding hydrogens is 204 g/mol. The summed E-state index contributed by atoms with van der Waals surface area (Å²) >= 11 is 1.95. The van der Waals surface area contributed by atoms with Crippen LogP contribution in [0.5, 0.6) is 0 Å². The van der Waals surface area contributed by atoms with Crippen molar-refractivity contribution < 1.29 is 0 Å². The summed E-state index contributed by atoms with van der Waals surface area (Å²) in [6, 6.07) is 1.53. The second kappa shape index (κ2) is 7.53. The van der Waals surface area contributed by atoms with E-state index in [1.807, 2.05) is 11.8 Å². The molecule has 1 fully saturated rings. The number of nitrogens with zero attached hydrogens (tertiary/aromatic N) is 1. The summed E-state index contributed by atoms with van der Waals surface area (Å²) in [6.07, 6.45) is 7.58. The minimum Gasteiger partial charge on any atom is -0.314 e. The number of thioether (sulfide) groups is 1. The topological polar surface area (TPSA) is 15.3 Å². The van der Waals surface area contributed by atoms with E-state index in [4.69, 9.17) is 0 Å². The number of rotatable bonds is 7. The van der Waals surface area contributed by atoms with E-state index in [1.54, 1.807) is 0 Å². The zero-order valence-corrected chi connectivity index (χ0v) is 11.3. The van der Waals surface area contributed by atoms with Crippen molar-refractivity contribution in [3.63, 3.8) is 0 Å². The summed E-state index contributed by atoms with van der Waals surface area (Å²) in [4.78, 5) is 2.51. The second-order valence-electron chi connectivity index (χ2n) is 4.69. The van der Waals surface area contributed by atoms with Gasteiger partial charge in [0.05, 0.1) is 0 Å². The van der Waals surface area contributed by atoms with Crippen molar-refractivity contribution in [3.8, 4) is 0 Å². The molecule has 0 aromatic carbocycles. The lowest BCUT2D eigenvalue weighted by Crippen LogP contribution is -2.34. The number of hydrogen-bond donors (Lipinski definition) is 1. The summed E-state index contributed by atoms with van der Waals surface area (Å²) in [5, 5.41) is 3.56. The van der Waals surface area contributed by atoms with Gasteiger partial charge in [0, 0.05) is 12.1 Å². The van der Waals surface area contributed by atoms with E-state index in [9.17, 15) is 0 Å². The first-order chi connectivity index (χ1) is 7.24. The van der Waals surface area contributed by atoms with Gasteiger partial charge in [-0.15, -0.1) is 0 Å². The molecule has 1 saturated heterocycles. The standard InChI is InChI=1S/C12H26N2S/c1-11(7-10-15-3)14(2)9-6-12-5-4-8-13-12/h11-13H,4-10H2,1-3H3. The predicted molar refractivity (Wildman–Crippen MR) is 70.7 cm³/mol. The molecule has 15 heavy (non-hydrogen) atoms. The van der Waals surface area contributed by atoms with Gasteiger partial charge in [0.2, 0.25) is 0 Å². The van der Waals surface area contributed by atoms with Crippen LogP contribution in [0, 0.1) is 0 Å². The molecule has 1 N–H and O–H groups in total. The van der Waals surface area contributed by atoms with Gasteiger partial charge < -0.3 is 10.2 Å². The Hall–Kier alpha value is 0.270. The Morgan fingerprint density at radius 2 is 2.33 bits per heavy atom. The number of nitrogens with one attached hydrogen (secondary N) is 1. The third-order valence-electron chi connectivity index (χ3n) is 3.48. The van der Waals surface area contributed by atoms with Gasteiger partial charge in [0.25, 0.3) is 0 Å². The maximum absolute atomic E-state index is 3.56. The van der Waals surface area contributed by atoms with Gasteiger partial charge in [0.1, 0.15) is 0 Å². The minimum atomic E-state index is 0.735. The van der Waals surface area contributed by atoms with Crippen LogP contribution in [-0.4, -0.2) is 49.1 Å². The molecule has 0 aromatic rings. The van der Waals surface area contributed by atoms with Crippen molar-refractivity contribution in [2.75, 3.05) is 32.1 Å². The molecule has 2 unspecified atom stereocenters. The van der Waals surface area contributed by atoms with E-state index in [1.165, 1.54) is 44.5 Å². The highest BCUT2D eigenvalue weighted by molar-refractivity contribution is 7.98. The smallest absolute Gasteiger partial charge is 0.00797 e. The SMILES string of the molecule is CSCCC(C)N(C)CCC1CCCN1. The van der Waals surface area contributed by atoms with Crippen molar-refractivity contribution in [3.05, 3.63) is 0 Å². The van der Waals surface area contributed by atoms with Gasteiger partial charge in [-0.2, -0.15) is 11.8 Å². The van der Waals surface area contributed by atoms with Crippen molar-refractivity contribution >= 4 is 11.8 Å². The number of hydrogen-bond acceptors (Lipinski definition) is 3. The molecule has 1 heterocycles. The molecular formula is C12H26N2S. The molecule has 2 nitrogen and oxygen atoms in total. The molecule has 0 bridgehead atoms. The van der Waals surface area contributed by atoms with Crippen LogP contribution in [0.25, 0.3) is 0 Å². The third-order valence-corrected chi connectivity index (χ3v) is 4.13. The van der Waals surface area contributed by atoms with Crippen LogP contribution < -0.4 is 5.32 Å². The normalized spacial score (nSPS) is 23.6. The first kappa shape index (κ1) is 13.3. The van der Waals surface area contributed by atoms with E-state index < -0.39 is 0 Å². The molecule has 3 heteroatoms. The van der Waals surface area contributed by atoms with E-state index in [0.29, 0.717) is 0 Å². The van der Waals surface area contributed by atoms with E-state index in [-0.39, 0.29) is 0 Å². The summed E-state index contributed by atoms with van der Waals surface area (Å²) in [6.45, 7) is 4.82. The quantitative estimate of drug-likeness (QED) is 0.722. The van der Waals surface area contributed by atoms with Gasteiger partial charge in [-0.25, -0.2) is 0 Å². The van der Waals surface area contributed by atoms with Crippen LogP contribution in [0.1, 0.15) is 32.6 Å². The monoisotopic (exact) mass is 230 g/mol. The van der Waals surface area contributed by atoms with Crippen molar-refractivity contribution in [1.82, 2.24) is 10.2 Å². The molecule has 0 aliphatic carbocycles. The van der Waals surface area contributed by atoms with E-state index in [0.717, 1.165) is 12.1 Å². The van der Waals surface area contributed by atoms with Crippen LogP contribution in [0.2, 0.25) is 0 Å². The molecule has 1 aliphatic heterocycles. The maximum atomic E-state index is 3.56. The minimum absolute atomic E-state index is 0.735. The largest absolute Gasteiger partial charge is 0.314 e. The summed E-state index contributed by atoms with van der Waals surface area (Å²) in [7, 11) is 2.26. The van der Waals surface area contributed by atoms with Crippen molar-refractivity contribution in [1.29, 1.82) is 0 Å². The first-order valence-corrected chi connectivity index (χ1v) is 7.56. The average Bonchev–Trinajstić information content (AvgIpc) is 2.75. The summed E-state index contributed by atoms with van der Waals surface area (Å²) < 4.78 is 0. The molecule has 0 aromatic heterocycles. The van der Waals surface area contributed by atoms with Crippen LogP contribution in [-0.2, 0) is 0 Å². The molecule has 90 valence electrons. The Balaban J connectivity index is 2.08. The van der Waals surface area contributed by atoms with Crippen molar-refractivity contribution in [2.24, 2.45) is 0 Å². The van der Waals surface area contributed by atoms with Gasteiger partial charge in [-0.3, -0.25) is 0 Å². The maximum Gasteiger partial charge on any atom is 0.00797 e. The second-order valence-corrected chi connectivity index (χ2v) is 5.68. The van der Waals surface area contributed by atoms with Gasteiger partial charge in [-0.05, 0) is 64.8 Å². The molecule has 1 aliphatic rings. The zero-order chi connectivity index (χ0) is 11.1. The average molecular weight is 230 g/mol. The lowest BCUT2D eigenvalue weighted by molar-refractivity contribution is 0.241. The molecule has 0 amide bonds. The Morgan fingerprint density at radius 1 is 1.53 bits per heavy atom. The highest BCUT2D eigenvalue weighted by atomic mass is 32.2. The fraction of sp³-hybridized carbons (Fsp3) is 1.00. The Bertz CT molecular complexity index is 158. The predicted octanol–water partition coefficient (Wildman–Crippen LogP) is 2.20. The molecule has 0 spiro atoms. The van der Waals surface area contributed by atoms with Crippen LogP contribution in [0.15, 0.2) is 0 Å². The highest BCUT2D eigenvalue weighted by Crippen LogP contribution is 2.11. The van der Waals surface area contributed by atoms with Crippen LogP contribution in [0.4, 0.5) is 0 Å². The summed E-state index contributed by atoms with van der Waals surface area (Å²) in [5.41, 5.74) is 0. The molecule has 1 rings (SSSR count). The van der Waals surface area contributed by atoms with Crippen LogP contribution >= 0.6 is 11.8 Å². The lowest BCUT2D eigenvalue weighted by Gasteiger charge is -2.25. The highest BCUT2D eigenvalue weighted by Gasteiger charge is 2.15. The Morgan fingerprint density at radius 3 is 2.93 bits per heavy atom. The lowest BCUT2D eigenvalue weighted by atomic mass is 10.1. The van der Waals surface area contributed by atoms with Gasteiger partial charge in [0.15, 0.2) is 0 Å². The van der Waals surface area contributed by atoms with Crippen LogP contribution in [0.3, 0.4) is 0 Å². The van der Waals surface area contributed by atoms with Crippen molar-refractivity contribution in [2.45, 2.75) is 44.7 Å². The molecule has 0 saturated carbocycles.